The van der Waals surface area contributed by atoms with Crippen LogP contribution in [-0.2, 0) is 10.2 Å². The number of carbonyl (C=O) groups is 1. The van der Waals surface area contributed by atoms with Crippen molar-refractivity contribution in [1.29, 1.82) is 5.26 Å². The Balaban J connectivity index is 1.15. The standard InChI is InChI=1S/C39H26N2O2S3/c1-39(2)31-19-30-34(20-29(31)36-32(39)18-28(44-36)17-24(22-40)38(42)43)45-35-21-33(46-37(30)35)23-13-15-27(16-14-23)41(25-9-5-3-6-10-25)26-11-7-4-8-12-26/h3-21H,1-2H3,(H,42,43)/b24-17-. The number of nitriles is 1. The molecular formula is C39H26N2O2S3. The molecule has 0 spiro atoms. The first kappa shape index (κ1) is 28.5. The van der Waals surface area contributed by atoms with E-state index < -0.39 is 5.97 Å². The van der Waals surface area contributed by atoms with Crippen LogP contribution in [0, 0.1) is 11.3 Å². The van der Waals surface area contributed by atoms with E-state index in [9.17, 15) is 15.2 Å². The molecule has 0 radical (unpaired) electrons. The Morgan fingerprint density at radius 1 is 0.783 bits per heavy atom. The van der Waals surface area contributed by atoms with Crippen molar-refractivity contribution in [1.82, 2.24) is 0 Å². The Morgan fingerprint density at radius 3 is 2.07 bits per heavy atom. The van der Waals surface area contributed by atoms with Crippen molar-refractivity contribution in [2.75, 3.05) is 4.90 Å². The maximum Gasteiger partial charge on any atom is 0.346 e. The van der Waals surface area contributed by atoms with Gasteiger partial charge in [0.1, 0.15) is 11.6 Å². The average molecular weight is 651 g/mol. The summed E-state index contributed by atoms with van der Waals surface area (Å²) >= 11 is 5.22. The van der Waals surface area contributed by atoms with Gasteiger partial charge in [-0.25, -0.2) is 4.79 Å². The van der Waals surface area contributed by atoms with Crippen molar-refractivity contribution in [3.8, 4) is 27.0 Å². The van der Waals surface area contributed by atoms with E-state index in [2.05, 4.69) is 110 Å². The van der Waals surface area contributed by atoms with E-state index in [1.165, 1.54) is 52.7 Å². The zero-order chi connectivity index (χ0) is 31.6. The van der Waals surface area contributed by atoms with Gasteiger partial charge in [0.2, 0.25) is 0 Å². The number of aliphatic carboxylic acids is 1. The smallest absolute Gasteiger partial charge is 0.346 e. The summed E-state index contributed by atoms with van der Waals surface area (Å²) in [5, 5.41) is 19.9. The third-order valence-electron chi connectivity index (χ3n) is 8.70. The van der Waals surface area contributed by atoms with Crippen molar-refractivity contribution >= 4 is 82.6 Å². The van der Waals surface area contributed by atoms with Crippen LogP contribution in [0.5, 0.6) is 0 Å². The quantitative estimate of drug-likeness (QED) is 0.144. The van der Waals surface area contributed by atoms with Crippen LogP contribution in [0.4, 0.5) is 17.1 Å². The number of nitrogens with zero attached hydrogens (tertiary/aromatic N) is 2. The van der Waals surface area contributed by atoms with Crippen LogP contribution >= 0.6 is 34.0 Å². The van der Waals surface area contributed by atoms with Gasteiger partial charge in [0.05, 0.1) is 4.70 Å². The fourth-order valence-corrected chi connectivity index (χ4v) is 10.2. The van der Waals surface area contributed by atoms with Crippen molar-refractivity contribution in [3.63, 3.8) is 0 Å². The number of para-hydroxylation sites is 2. The van der Waals surface area contributed by atoms with Gasteiger partial charge in [0.25, 0.3) is 0 Å². The summed E-state index contributed by atoms with van der Waals surface area (Å²) in [7, 11) is 0. The SMILES string of the molecule is CC1(C)c2cc3c(cc2-c2sc(/C=C(/C#N)C(=O)O)cc21)sc1cc(-c2ccc(N(c4ccccc4)c4ccccc4)cc2)sc13. The third kappa shape index (κ3) is 4.57. The Bertz CT molecular complexity index is 2330. The monoisotopic (exact) mass is 650 g/mol. The molecule has 0 saturated heterocycles. The lowest BCUT2D eigenvalue weighted by atomic mass is 9.82. The van der Waals surface area contributed by atoms with Crippen molar-refractivity contribution < 1.29 is 9.90 Å². The van der Waals surface area contributed by atoms with E-state index in [4.69, 9.17) is 0 Å². The zero-order valence-corrected chi connectivity index (χ0v) is 27.4. The summed E-state index contributed by atoms with van der Waals surface area (Å²) in [6.45, 7) is 4.45. The van der Waals surface area contributed by atoms with Gasteiger partial charge in [-0.15, -0.1) is 34.0 Å². The van der Waals surface area contributed by atoms with Gasteiger partial charge in [-0.2, -0.15) is 5.26 Å². The number of benzene rings is 4. The average Bonchev–Trinajstić information content (AvgIpc) is 3.81. The molecule has 46 heavy (non-hydrogen) atoms. The van der Waals surface area contributed by atoms with Crippen molar-refractivity contribution in [2.45, 2.75) is 19.3 Å². The zero-order valence-electron chi connectivity index (χ0n) is 24.9. The molecule has 8 rings (SSSR count). The Hall–Kier alpha value is -5.00. The topological polar surface area (TPSA) is 64.3 Å². The van der Waals surface area contributed by atoms with Crippen LogP contribution in [-0.4, -0.2) is 11.1 Å². The number of hydrogen-bond acceptors (Lipinski definition) is 6. The highest BCUT2D eigenvalue weighted by molar-refractivity contribution is 7.34. The van der Waals surface area contributed by atoms with Crippen LogP contribution < -0.4 is 4.90 Å². The first-order chi connectivity index (χ1) is 22.3. The van der Waals surface area contributed by atoms with Gasteiger partial charge < -0.3 is 10.0 Å². The molecule has 7 aromatic rings. The van der Waals surface area contributed by atoms with Gasteiger partial charge >= 0.3 is 5.97 Å². The molecule has 0 aliphatic heterocycles. The molecule has 222 valence electrons. The van der Waals surface area contributed by atoms with E-state index >= 15 is 0 Å². The summed E-state index contributed by atoms with van der Waals surface area (Å²) in [4.78, 5) is 16.9. The maximum absolute atomic E-state index is 11.4. The van der Waals surface area contributed by atoms with Crippen LogP contribution in [0.25, 0.3) is 46.4 Å². The molecule has 7 heteroatoms. The predicted molar refractivity (Wildman–Crippen MR) is 194 cm³/mol. The highest BCUT2D eigenvalue weighted by Gasteiger charge is 2.38. The predicted octanol–water partition coefficient (Wildman–Crippen LogP) is 11.6. The van der Waals surface area contributed by atoms with Crippen molar-refractivity contribution in [2.24, 2.45) is 0 Å². The fourth-order valence-electron chi connectivity index (χ4n) is 6.40. The molecule has 1 N–H and O–H groups in total. The molecule has 1 aliphatic rings. The molecule has 0 atom stereocenters. The lowest BCUT2D eigenvalue weighted by Gasteiger charge is -2.25. The Morgan fingerprint density at radius 2 is 1.43 bits per heavy atom. The minimum atomic E-state index is -1.20. The van der Waals surface area contributed by atoms with E-state index in [1.54, 1.807) is 17.4 Å². The molecule has 3 aromatic heterocycles. The van der Waals surface area contributed by atoms with E-state index in [1.807, 2.05) is 40.9 Å². The van der Waals surface area contributed by atoms with Crippen LogP contribution in [0.15, 0.2) is 115 Å². The van der Waals surface area contributed by atoms with E-state index in [-0.39, 0.29) is 11.0 Å². The lowest BCUT2D eigenvalue weighted by molar-refractivity contribution is -0.132. The normalized spacial score (nSPS) is 13.5. The van der Waals surface area contributed by atoms with Gasteiger partial charge in [-0.1, -0.05) is 62.4 Å². The summed E-state index contributed by atoms with van der Waals surface area (Å²) in [5.41, 5.74) is 7.75. The summed E-state index contributed by atoms with van der Waals surface area (Å²) in [5.74, 6) is -1.20. The summed E-state index contributed by atoms with van der Waals surface area (Å²) < 4.78 is 3.85. The molecule has 0 fully saturated rings. The van der Waals surface area contributed by atoms with Gasteiger partial charge in [-0.05, 0) is 89.0 Å². The third-order valence-corrected chi connectivity index (χ3v) is 12.3. The molecule has 0 bridgehead atoms. The number of hydrogen-bond donors (Lipinski definition) is 1. The Labute approximate surface area is 278 Å². The molecule has 4 nitrogen and oxygen atoms in total. The summed E-state index contributed by atoms with van der Waals surface area (Å²) in [6.07, 6.45) is 1.48. The number of rotatable bonds is 6. The van der Waals surface area contributed by atoms with E-state index in [0.717, 1.165) is 26.8 Å². The molecule has 4 aromatic carbocycles. The highest BCUT2D eigenvalue weighted by atomic mass is 32.1. The number of carboxylic acid groups (broad SMARTS) is 1. The number of thiophene rings is 3. The van der Waals surface area contributed by atoms with Gasteiger partial charge in [0, 0.05) is 51.9 Å². The number of carboxylic acids is 1. The lowest BCUT2D eigenvalue weighted by Crippen LogP contribution is -2.14. The first-order valence-corrected chi connectivity index (χ1v) is 17.3. The van der Waals surface area contributed by atoms with Gasteiger partial charge in [-0.3, -0.25) is 0 Å². The van der Waals surface area contributed by atoms with Crippen molar-refractivity contribution in [3.05, 3.63) is 131 Å². The molecular weight excluding hydrogens is 625 g/mol. The van der Waals surface area contributed by atoms with Crippen LogP contribution in [0.3, 0.4) is 0 Å². The minimum absolute atomic E-state index is 0.231. The largest absolute Gasteiger partial charge is 0.477 e. The fraction of sp³-hybridized carbons (Fsp3) is 0.0769. The maximum atomic E-state index is 11.4. The number of fused-ring (bicyclic) bond motifs is 6. The van der Waals surface area contributed by atoms with Gasteiger partial charge in [0.15, 0.2) is 0 Å². The second-order valence-electron chi connectivity index (χ2n) is 11.8. The number of anilines is 3. The molecule has 0 unspecified atom stereocenters. The van der Waals surface area contributed by atoms with E-state index in [0.29, 0.717) is 0 Å². The second kappa shape index (κ2) is 10.8. The van der Waals surface area contributed by atoms with Crippen LogP contribution in [0.2, 0.25) is 0 Å². The minimum Gasteiger partial charge on any atom is -0.477 e. The molecule has 1 aliphatic carbocycles. The molecule has 3 heterocycles. The first-order valence-electron chi connectivity index (χ1n) is 14.8. The Kier molecular flexibility index (Phi) is 6.69. The molecule has 0 saturated carbocycles. The second-order valence-corrected chi connectivity index (χ2v) is 15.1. The van der Waals surface area contributed by atoms with Crippen LogP contribution in [0.1, 0.15) is 29.9 Å². The highest BCUT2D eigenvalue weighted by Crippen LogP contribution is 2.55. The molecule has 0 amide bonds. The summed E-state index contributed by atoms with van der Waals surface area (Å²) in [6, 6.07) is 40.6.